The summed E-state index contributed by atoms with van der Waals surface area (Å²) in [6, 6.07) is 8.12. The molecule has 1 aromatic carbocycles. The minimum Gasteiger partial charge on any atom is -0.494 e. The Labute approximate surface area is 149 Å². The van der Waals surface area contributed by atoms with Gasteiger partial charge in [-0.2, -0.15) is 0 Å². The normalized spacial score (nSPS) is 15.1. The molecule has 0 bridgehead atoms. The second-order valence-corrected chi connectivity index (χ2v) is 5.97. The average Bonchev–Trinajstić information content (AvgIpc) is 2.68. The topological polar surface area (TPSA) is 65.5 Å². The summed E-state index contributed by atoms with van der Waals surface area (Å²) in [4.78, 5) is 13.3. The maximum atomic E-state index is 5.59. The summed E-state index contributed by atoms with van der Waals surface area (Å²) in [5, 5.41) is 6.31. The van der Waals surface area contributed by atoms with Gasteiger partial charge in [0, 0.05) is 51.0 Å². The van der Waals surface area contributed by atoms with Gasteiger partial charge in [-0.1, -0.05) is 6.92 Å². The Hall–Kier alpha value is -2.54. The molecule has 0 unspecified atom stereocenters. The summed E-state index contributed by atoms with van der Waals surface area (Å²) in [5.74, 6) is 2.30. The second kappa shape index (κ2) is 8.02. The minimum absolute atomic E-state index is 0.724. The van der Waals surface area contributed by atoms with Gasteiger partial charge in [0.1, 0.15) is 23.7 Å². The zero-order valence-corrected chi connectivity index (χ0v) is 15.1. The summed E-state index contributed by atoms with van der Waals surface area (Å²) >= 11 is 0. The van der Waals surface area contributed by atoms with Gasteiger partial charge in [-0.3, -0.25) is 0 Å². The molecule has 3 rings (SSSR count). The highest BCUT2D eigenvalue weighted by atomic mass is 16.5. The van der Waals surface area contributed by atoms with Crippen LogP contribution >= 0.6 is 0 Å². The fourth-order valence-corrected chi connectivity index (χ4v) is 3.00. The fraction of sp³-hybridized carbons (Fsp3) is 0.444. The highest BCUT2D eigenvalue weighted by Gasteiger charge is 2.17. The van der Waals surface area contributed by atoms with Gasteiger partial charge in [-0.05, 0) is 18.7 Å². The van der Waals surface area contributed by atoms with Crippen molar-refractivity contribution in [2.45, 2.75) is 6.92 Å². The molecule has 25 heavy (non-hydrogen) atoms. The molecule has 0 spiro atoms. The zero-order chi connectivity index (χ0) is 17.6. The van der Waals surface area contributed by atoms with E-state index in [1.54, 1.807) is 7.11 Å². The molecule has 0 aliphatic carbocycles. The Bertz CT molecular complexity index is 700. The third-order valence-electron chi connectivity index (χ3n) is 4.56. The number of anilines is 4. The van der Waals surface area contributed by atoms with Gasteiger partial charge in [-0.15, -0.1) is 0 Å². The van der Waals surface area contributed by atoms with Crippen LogP contribution in [0.1, 0.15) is 6.92 Å². The van der Waals surface area contributed by atoms with E-state index in [0.29, 0.717) is 0 Å². The van der Waals surface area contributed by atoms with Crippen molar-refractivity contribution in [3.63, 3.8) is 0 Å². The van der Waals surface area contributed by atoms with Crippen LogP contribution in [0, 0.1) is 0 Å². The van der Waals surface area contributed by atoms with E-state index in [1.807, 2.05) is 19.2 Å². The maximum absolute atomic E-state index is 5.59. The number of aromatic nitrogens is 2. The number of hydrogen-bond acceptors (Lipinski definition) is 7. The summed E-state index contributed by atoms with van der Waals surface area (Å²) in [6.45, 7) is 7.63. The molecule has 0 amide bonds. The molecule has 1 aliphatic heterocycles. The molecule has 7 nitrogen and oxygen atoms in total. The number of nitrogens with zero attached hydrogens (tertiary/aromatic N) is 4. The molecule has 1 aliphatic rings. The molecule has 1 fully saturated rings. The lowest BCUT2D eigenvalue weighted by molar-refractivity contribution is 0.271. The Morgan fingerprint density at radius 2 is 1.84 bits per heavy atom. The number of ether oxygens (including phenoxy) is 1. The van der Waals surface area contributed by atoms with Crippen molar-refractivity contribution in [2.75, 3.05) is 62.4 Å². The summed E-state index contributed by atoms with van der Waals surface area (Å²) in [7, 11) is 3.53. The van der Waals surface area contributed by atoms with E-state index in [9.17, 15) is 0 Å². The number of hydrogen-bond donors (Lipinski definition) is 2. The van der Waals surface area contributed by atoms with Gasteiger partial charge in [-0.25, -0.2) is 9.97 Å². The van der Waals surface area contributed by atoms with Gasteiger partial charge in [0.15, 0.2) is 0 Å². The third kappa shape index (κ3) is 4.11. The number of benzene rings is 1. The molecule has 2 heterocycles. The van der Waals surface area contributed by atoms with E-state index in [-0.39, 0.29) is 0 Å². The second-order valence-electron chi connectivity index (χ2n) is 5.97. The first-order chi connectivity index (χ1) is 12.2. The lowest BCUT2D eigenvalue weighted by Gasteiger charge is -2.35. The number of piperazine rings is 1. The van der Waals surface area contributed by atoms with Crippen LogP contribution in [0.15, 0.2) is 30.6 Å². The Balaban J connectivity index is 1.75. The Kier molecular flexibility index (Phi) is 5.55. The van der Waals surface area contributed by atoms with E-state index >= 15 is 0 Å². The van der Waals surface area contributed by atoms with Crippen LogP contribution in [0.2, 0.25) is 0 Å². The number of nitrogens with one attached hydrogen (secondary N) is 2. The van der Waals surface area contributed by atoms with Crippen LogP contribution in [-0.4, -0.2) is 61.7 Å². The smallest absolute Gasteiger partial charge is 0.144 e. The Morgan fingerprint density at radius 3 is 2.52 bits per heavy atom. The van der Waals surface area contributed by atoms with E-state index in [2.05, 4.69) is 49.5 Å². The monoisotopic (exact) mass is 342 g/mol. The zero-order valence-electron chi connectivity index (χ0n) is 15.1. The predicted octanol–water partition coefficient (Wildman–Crippen LogP) is 2.41. The van der Waals surface area contributed by atoms with Crippen molar-refractivity contribution in [2.24, 2.45) is 0 Å². The van der Waals surface area contributed by atoms with Gasteiger partial charge in [0.2, 0.25) is 0 Å². The summed E-state index contributed by atoms with van der Waals surface area (Å²) in [5.41, 5.74) is 2.08. The largest absolute Gasteiger partial charge is 0.494 e. The number of likely N-dealkylation sites (N-methyl/N-ethyl adjacent to an activating group) is 1. The lowest BCUT2D eigenvalue weighted by Crippen LogP contribution is -2.46. The molecular formula is C18H26N6O. The quantitative estimate of drug-likeness (QED) is 0.836. The molecule has 0 radical (unpaired) electrons. The Morgan fingerprint density at radius 1 is 1.08 bits per heavy atom. The maximum Gasteiger partial charge on any atom is 0.144 e. The highest BCUT2D eigenvalue weighted by molar-refractivity contribution is 5.69. The number of rotatable bonds is 6. The van der Waals surface area contributed by atoms with E-state index in [4.69, 9.17) is 4.74 Å². The van der Waals surface area contributed by atoms with Crippen molar-refractivity contribution in [3.8, 4) is 5.75 Å². The SMILES string of the molecule is CCN1CCN(c2ccc(Nc3cc(NC)ncn3)c(OC)c2)CC1. The van der Waals surface area contributed by atoms with Crippen LogP contribution in [0.3, 0.4) is 0 Å². The van der Waals surface area contributed by atoms with Crippen LogP contribution in [-0.2, 0) is 0 Å². The lowest BCUT2D eigenvalue weighted by atomic mass is 10.2. The van der Waals surface area contributed by atoms with Crippen LogP contribution < -0.4 is 20.3 Å². The predicted molar refractivity (Wildman–Crippen MR) is 102 cm³/mol. The molecule has 0 atom stereocenters. The number of methoxy groups -OCH3 is 1. The van der Waals surface area contributed by atoms with Gasteiger partial charge in [0.05, 0.1) is 12.8 Å². The average molecular weight is 342 g/mol. The molecule has 2 N–H and O–H groups in total. The van der Waals surface area contributed by atoms with E-state index in [1.165, 1.54) is 12.0 Å². The molecule has 7 heteroatoms. The van der Waals surface area contributed by atoms with Crippen molar-refractivity contribution in [1.29, 1.82) is 0 Å². The van der Waals surface area contributed by atoms with Gasteiger partial charge < -0.3 is 25.2 Å². The first kappa shape index (κ1) is 17.3. The van der Waals surface area contributed by atoms with Crippen LogP contribution in [0.4, 0.5) is 23.0 Å². The van der Waals surface area contributed by atoms with Crippen LogP contribution in [0.25, 0.3) is 0 Å². The first-order valence-electron chi connectivity index (χ1n) is 8.65. The molecule has 134 valence electrons. The highest BCUT2D eigenvalue weighted by Crippen LogP contribution is 2.32. The first-order valence-corrected chi connectivity index (χ1v) is 8.65. The minimum atomic E-state index is 0.724. The van der Waals surface area contributed by atoms with Crippen molar-refractivity contribution in [3.05, 3.63) is 30.6 Å². The molecular weight excluding hydrogens is 316 g/mol. The molecule has 0 saturated carbocycles. The molecule has 1 saturated heterocycles. The van der Waals surface area contributed by atoms with Gasteiger partial charge >= 0.3 is 0 Å². The summed E-state index contributed by atoms with van der Waals surface area (Å²) < 4.78 is 5.59. The fourth-order valence-electron chi connectivity index (χ4n) is 3.00. The molecule has 2 aromatic rings. The van der Waals surface area contributed by atoms with Crippen molar-refractivity contribution >= 4 is 23.0 Å². The van der Waals surface area contributed by atoms with E-state index in [0.717, 1.165) is 55.8 Å². The third-order valence-corrected chi connectivity index (χ3v) is 4.56. The van der Waals surface area contributed by atoms with Gasteiger partial charge in [0.25, 0.3) is 0 Å². The van der Waals surface area contributed by atoms with Crippen LogP contribution in [0.5, 0.6) is 5.75 Å². The van der Waals surface area contributed by atoms with E-state index < -0.39 is 0 Å². The van der Waals surface area contributed by atoms with Crippen molar-refractivity contribution in [1.82, 2.24) is 14.9 Å². The van der Waals surface area contributed by atoms with Crippen molar-refractivity contribution < 1.29 is 4.74 Å². The summed E-state index contributed by atoms with van der Waals surface area (Å²) in [6.07, 6.45) is 1.53. The standard InChI is InChI=1S/C18H26N6O/c1-4-23-7-9-24(10-8-23)14-5-6-15(16(11-14)25-3)22-18-12-17(19-2)20-13-21-18/h5-6,11-13H,4,7-10H2,1-3H3,(H2,19,20,21,22). The molecule has 1 aromatic heterocycles.